The lowest BCUT2D eigenvalue weighted by atomic mass is 9.73. The molecule has 3 aliphatic rings. The van der Waals surface area contributed by atoms with Crippen LogP contribution in [-0.2, 0) is 14.3 Å². The average Bonchev–Trinajstić information content (AvgIpc) is 2.64. The van der Waals surface area contributed by atoms with Crippen LogP contribution in [0.5, 0.6) is 0 Å². The minimum absolute atomic E-state index is 0.0355. The van der Waals surface area contributed by atoms with Crippen LogP contribution in [0.2, 0.25) is 0 Å². The molecule has 0 bridgehead atoms. The van der Waals surface area contributed by atoms with Crippen LogP contribution in [0.1, 0.15) is 57.8 Å². The predicted octanol–water partition coefficient (Wildman–Crippen LogP) is 3.11. The SMILES string of the molecule is O=C1CCCCCC1C1CCOC2(CCOCC2)C1. The van der Waals surface area contributed by atoms with Crippen molar-refractivity contribution < 1.29 is 14.3 Å². The molecule has 2 atom stereocenters. The van der Waals surface area contributed by atoms with Crippen LogP contribution >= 0.6 is 0 Å². The van der Waals surface area contributed by atoms with Gasteiger partial charge >= 0.3 is 0 Å². The number of rotatable bonds is 1. The first-order valence-corrected chi connectivity index (χ1v) is 8.04. The molecule has 3 rings (SSSR count). The molecule has 0 aromatic rings. The maximum absolute atomic E-state index is 12.3. The summed E-state index contributed by atoms with van der Waals surface area (Å²) in [5.74, 6) is 1.43. The zero-order valence-corrected chi connectivity index (χ0v) is 11.9. The van der Waals surface area contributed by atoms with E-state index < -0.39 is 0 Å². The smallest absolute Gasteiger partial charge is 0.136 e. The number of carbonyl (C=O) groups excluding carboxylic acids is 1. The van der Waals surface area contributed by atoms with E-state index in [-0.39, 0.29) is 5.60 Å². The molecule has 3 nitrogen and oxygen atoms in total. The van der Waals surface area contributed by atoms with Crippen molar-refractivity contribution in [2.45, 2.75) is 63.4 Å². The molecule has 0 amide bonds. The van der Waals surface area contributed by atoms with Crippen molar-refractivity contribution >= 4 is 5.78 Å². The number of hydrogen-bond acceptors (Lipinski definition) is 3. The third kappa shape index (κ3) is 3.03. The van der Waals surface area contributed by atoms with E-state index in [1.54, 1.807) is 0 Å². The van der Waals surface area contributed by atoms with Gasteiger partial charge in [0.25, 0.3) is 0 Å². The highest BCUT2D eigenvalue weighted by atomic mass is 16.5. The Morgan fingerprint density at radius 1 is 1.00 bits per heavy atom. The van der Waals surface area contributed by atoms with Crippen LogP contribution in [-0.4, -0.2) is 31.2 Å². The summed E-state index contributed by atoms with van der Waals surface area (Å²) < 4.78 is 11.6. The molecule has 2 saturated heterocycles. The Balaban J connectivity index is 1.68. The van der Waals surface area contributed by atoms with Crippen LogP contribution in [0, 0.1) is 11.8 Å². The third-order valence-corrected chi connectivity index (χ3v) is 5.36. The average molecular weight is 266 g/mol. The fourth-order valence-electron chi connectivity index (χ4n) is 4.19. The number of ether oxygens (including phenoxy) is 2. The van der Waals surface area contributed by atoms with Gasteiger partial charge in [0.1, 0.15) is 5.78 Å². The third-order valence-electron chi connectivity index (χ3n) is 5.36. The van der Waals surface area contributed by atoms with Crippen LogP contribution in [0.3, 0.4) is 0 Å². The minimum Gasteiger partial charge on any atom is -0.381 e. The molecule has 2 aliphatic heterocycles. The van der Waals surface area contributed by atoms with Crippen molar-refractivity contribution in [3.05, 3.63) is 0 Å². The van der Waals surface area contributed by atoms with E-state index in [9.17, 15) is 4.79 Å². The van der Waals surface area contributed by atoms with E-state index in [0.29, 0.717) is 17.6 Å². The van der Waals surface area contributed by atoms with Gasteiger partial charge in [0, 0.05) is 32.2 Å². The van der Waals surface area contributed by atoms with Gasteiger partial charge in [0.05, 0.1) is 5.60 Å². The summed E-state index contributed by atoms with van der Waals surface area (Å²) in [6.45, 7) is 2.49. The summed E-state index contributed by atoms with van der Waals surface area (Å²) in [6, 6.07) is 0. The zero-order valence-electron chi connectivity index (χ0n) is 11.9. The number of ketones is 1. The molecule has 2 unspecified atom stereocenters. The summed E-state index contributed by atoms with van der Waals surface area (Å²) in [5.41, 5.74) is 0.0355. The highest BCUT2D eigenvalue weighted by Crippen LogP contribution is 2.42. The number of carbonyl (C=O) groups is 1. The molecule has 1 saturated carbocycles. The molecule has 1 aliphatic carbocycles. The van der Waals surface area contributed by atoms with Crippen LogP contribution in [0.4, 0.5) is 0 Å². The molecule has 3 fully saturated rings. The first-order chi connectivity index (χ1) is 9.29. The second kappa shape index (κ2) is 5.92. The Hall–Kier alpha value is -0.410. The largest absolute Gasteiger partial charge is 0.381 e. The Morgan fingerprint density at radius 2 is 1.84 bits per heavy atom. The lowest BCUT2D eigenvalue weighted by Gasteiger charge is -2.45. The first-order valence-electron chi connectivity index (χ1n) is 8.04. The fourth-order valence-corrected chi connectivity index (χ4v) is 4.19. The van der Waals surface area contributed by atoms with E-state index in [0.717, 1.165) is 64.8 Å². The van der Waals surface area contributed by atoms with Gasteiger partial charge in [-0.05, 0) is 44.4 Å². The van der Waals surface area contributed by atoms with E-state index in [1.165, 1.54) is 12.8 Å². The van der Waals surface area contributed by atoms with Crippen molar-refractivity contribution in [1.82, 2.24) is 0 Å². The minimum atomic E-state index is 0.0355. The molecule has 0 aromatic carbocycles. The molecule has 19 heavy (non-hydrogen) atoms. The Labute approximate surface area is 116 Å². The van der Waals surface area contributed by atoms with Crippen LogP contribution in [0.15, 0.2) is 0 Å². The predicted molar refractivity (Wildman–Crippen MR) is 73.0 cm³/mol. The normalized spacial score (nSPS) is 36.1. The van der Waals surface area contributed by atoms with Gasteiger partial charge < -0.3 is 9.47 Å². The lowest BCUT2D eigenvalue weighted by molar-refractivity contribution is -0.156. The summed E-state index contributed by atoms with van der Waals surface area (Å²) >= 11 is 0. The lowest BCUT2D eigenvalue weighted by Crippen LogP contribution is -2.46. The van der Waals surface area contributed by atoms with Gasteiger partial charge in [-0.2, -0.15) is 0 Å². The van der Waals surface area contributed by atoms with Gasteiger partial charge in [-0.1, -0.05) is 12.8 Å². The maximum Gasteiger partial charge on any atom is 0.136 e. The molecule has 1 spiro atoms. The summed E-state index contributed by atoms with van der Waals surface area (Å²) in [4.78, 5) is 12.3. The maximum atomic E-state index is 12.3. The Bertz CT molecular complexity index is 314. The quantitative estimate of drug-likeness (QED) is 0.684. The zero-order chi connectivity index (χ0) is 13.1. The van der Waals surface area contributed by atoms with Crippen LogP contribution < -0.4 is 0 Å². The van der Waals surface area contributed by atoms with Crippen molar-refractivity contribution in [1.29, 1.82) is 0 Å². The first kappa shape index (κ1) is 13.6. The highest BCUT2D eigenvalue weighted by Gasteiger charge is 2.42. The summed E-state index contributed by atoms with van der Waals surface area (Å²) in [6.07, 6.45) is 9.74. The highest BCUT2D eigenvalue weighted by molar-refractivity contribution is 5.81. The fraction of sp³-hybridized carbons (Fsp3) is 0.938. The van der Waals surface area contributed by atoms with Crippen molar-refractivity contribution in [3.8, 4) is 0 Å². The topological polar surface area (TPSA) is 35.5 Å². The second-order valence-electron chi connectivity index (χ2n) is 6.57. The van der Waals surface area contributed by atoms with Crippen molar-refractivity contribution in [3.63, 3.8) is 0 Å². The summed E-state index contributed by atoms with van der Waals surface area (Å²) in [5, 5.41) is 0. The Kier molecular flexibility index (Phi) is 4.23. The van der Waals surface area contributed by atoms with Crippen LogP contribution in [0.25, 0.3) is 0 Å². The van der Waals surface area contributed by atoms with E-state index in [4.69, 9.17) is 9.47 Å². The number of Topliss-reactive ketones (excluding diaryl/α,β-unsaturated/α-hetero) is 1. The van der Waals surface area contributed by atoms with Crippen molar-refractivity contribution in [2.75, 3.05) is 19.8 Å². The Morgan fingerprint density at radius 3 is 2.68 bits per heavy atom. The molecule has 108 valence electrons. The second-order valence-corrected chi connectivity index (χ2v) is 6.57. The molecule has 0 aromatic heterocycles. The molecular weight excluding hydrogens is 240 g/mol. The standard InChI is InChI=1S/C16H26O3/c17-15-5-3-1-2-4-14(15)13-6-9-19-16(12-13)7-10-18-11-8-16/h13-14H,1-12H2. The van der Waals surface area contributed by atoms with E-state index in [2.05, 4.69) is 0 Å². The van der Waals surface area contributed by atoms with Gasteiger partial charge in [0.2, 0.25) is 0 Å². The van der Waals surface area contributed by atoms with E-state index >= 15 is 0 Å². The van der Waals surface area contributed by atoms with Gasteiger partial charge in [0.15, 0.2) is 0 Å². The molecule has 0 N–H and O–H groups in total. The monoisotopic (exact) mass is 266 g/mol. The molecule has 2 heterocycles. The molecule has 0 radical (unpaired) electrons. The number of hydrogen-bond donors (Lipinski definition) is 0. The van der Waals surface area contributed by atoms with E-state index in [1.807, 2.05) is 0 Å². The van der Waals surface area contributed by atoms with Gasteiger partial charge in [-0.25, -0.2) is 0 Å². The van der Waals surface area contributed by atoms with Gasteiger partial charge in [-0.3, -0.25) is 4.79 Å². The van der Waals surface area contributed by atoms with Gasteiger partial charge in [-0.15, -0.1) is 0 Å². The van der Waals surface area contributed by atoms with Crippen molar-refractivity contribution in [2.24, 2.45) is 11.8 Å². The molecule has 3 heteroatoms. The summed E-state index contributed by atoms with van der Waals surface area (Å²) in [7, 11) is 0. The molecular formula is C16H26O3.